The van der Waals surface area contributed by atoms with Crippen LogP contribution in [0.2, 0.25) is 0 Å². The van der Waals surface area contributed by atoms with Crippen LogP contribution in [0.1, 0.15) is 29.9 Å². The molecule has 2 N–H and O–H groups in total. The number of Topliss-reactive ketones (excluding diaryl/α,β-unsaturated/α-hetero) is 2. The van der Waals surface area contributed by atoms with Gasteiger partial charge in [0.15, 0.2) is 11.6 Å². The van der Waals surface area contributed by atoms with Gasteiger partial charge in [-0.1, -0.05) is 24.3 Å². The maximum Gasteiger partial charge on any atom is 0.171 e. The summed E-state index contributed by atoms with van der Waals surface area (Å²) in [5.74, 6) is -0.0217. The van der Waals surface area contributed by atoms with E-state index in [-0.39, 0.29) is 30.0 Å². The van der Waals surface area contributed by atoms with E-state index in [2.05, 4.69) is 27.2 Å². The fraction of sp³-hybridized carbons (Fsp3) is 0.565. The van der Waals surface area contributed by atoms with E-state index in [1.807, 2.05) is 12.1 Å². The number of nitrogens with one attached hydrogen (secondary N) is 1. The van der Waals surface area contributed by atoms with Gasteiger partial charge in [0.1, 0.15) is 0 Å². The normalized spacial score (nSPS) is 27.0. The molecule has 156 valence electrons. The lowest BCUT2D eigenvalue weighted by molar-refractivity contribution is -0.128. The summed E-state index contributed by atoms with van der Waals surface area (Å²) in [6.07, 6.45) is 3.86. The molecule has 6 nitrogen and oxygen atoms in total. The van der Waals surface area contributed by atoms with Crippen molar-refractivity contribution in [3.8, 4) is 0 Å². The van der Waals surface area contributed by atoms with Gasteiger partial charge in [0.2, 0.25) is 0 Å². The highest BCUT2D eigenvalue weighted by Gasteiger charge is 2.42. The predicted molar refractivity (Wildman–Crippen MR) is 112 cm³/mol. The first-order valence-electron chi connectivity index (χ1n) is 10.8. The Kier molecular flexibility index (Phi) is 6.43. The molecule has 2 unspecified atom stereocenters. The summed E-state index contributed by atoms with van der Waals surface area (Å²) in [4.78, 5) is 30.3. The topological polar surface area (TPSA) is 72.9 Å². The molecule has 0 aromatic heterocycles. The van der Waals surface area contributed by atoms with Gasteiger partial charge < -0.3 is 10.4 Å². The first-order chi connectivity index (χ1) is 14.2. The zero-order valence-corrected chi connectivity index (χ0v) is 17.0. The second-order valence-electron chi connectivity index (χ2n) is 8.36. The fourth-order valence-corrected chi connectivity index (χ4v) is 4.99. The van der Waals surface area contributed by atoms with Crippen molar-refractivity contribution in [2.24, 2.45) is 5.92 Å². The van der Waals surface area contributed by atoms with E-state index < -0.39 is 0 Å². The third-order valence-corrected chi connectivity index (χ3v) is 6.67. The van der Waals surface area contributed by atoms with Crippen molar-refractivity contribution >= 4 is 11.6 Å². The number of aliphatic hydroxyl groups is 1. The maximum atomic E-state index is 13.0. The fourth-order valence-electron chi connectivity index (χ4n) is 4.99. The van der Waals surface area contributed by atoms with Crippen molar-refractivity contribution in [2.75, 3.05) is 52.4 Å². The van der Waals surface area contributed by atoms with Gasteiger partial charge in [-0.2, -0.15) is 0 Å². The van der Waals surface area contributed by atoms with Gasteiger partial charge in [-0.25, -0.2) is 0 Å². The van der Waals surface area contributed by atoms with Crippen LogP contribution >= 0.6 is 0 Å². The molecular weight excluding hydrogens is 366 g/mol. The number of β-amino-alcohol motifs (C(OH)–C–C–N with tert-alkyl or cyclic N) is 1. The third kappa shape index (κ3) is 4.44. The van der Waals surface area contributed by atoms with Crippen LogP contribution in [0.3, 0.4) is 0 Å². The Bertz CT molecular complexity index is 783. The average Bonchev–Trinajstić information content (AvgIpc) is 2.74. The maximum absolute atomic E-state index is 13.0. The van der Waals surface area contributed by atoms with Crippen molar-refractivity contribution < 1.29 is 14.7 Å². The minimum absolute atomic E-state index is 0.0193. The number of rotatable bonds is 6. The number of fused-ring (bicyclic) bond motifs is 3. The molecular formula is C23H31N3O3. The molecule has 0 bridgehead atoms. The Morgan fingerprint density at radius 2 is 1.76 bits per heavy atom. The molecule has 3 aliphatic rings. The first-order valence-corrected chi connectivity index (χ1v) is 10.8. The van der Waals surface area contributed by atoms with Gasteiger partial charge in [-0.15, -0.1) is 0 Å². The molecule has 1 aromatic carbocycles. The van der Waals surface area contributed by atoms with Crippen LogP contribution in [-0.2, 0) is 16.0 Å². The molecule has 1 aliphatic heterocycles. The summed E-state index contributed by atoms with van der Waals surface area (Å²) in [7, 11) is 0. The summed E-state index contributed by atoms with van der Waals surface area (Å²) < 4.78 is 0. The Morgan fingerprint density at radius 3 is 2.52 bits per heavy atom. The van der Waals surface area contributed by atoms with E-state index in [1.165, 1.54) is 11.1 Å². The predicted octanol–water partition coefficient (Wildman–Crippen LogP) is 0.958. The summed E-state index contributed by atoms with van der Waals surface area (Å²) >= 11 is 0. The van der Waals surface area contributed by atoms with Gasteiger partial charge in [0.05, 0.1) is 12.2 Å². The number of carbonyl (C=O) groups is 2. The number of aliphatic hydroxyl groups excluding tert-OH is 1. The molecule has 4 rings (SSSR count). The molecule has 0 amide bonds. The second kappa shape index (κ2) is 9.20. The standard InChI is InChI=1S/C23H31N3O3/c27-14-13-26-11-9-25(10-12-26)8-7-24-16-21-22(28)15-20-18-4-2-1-3-17(18)5-6-19(20)23(21)29/h1-4,16,19-20,24,27H,5-15H2/b21-16-. The van der Waals surface area contributed by atoms with Gasteiger partial charge in [-0.05, 0) is 24.0 Å². The third-order valence-electron chi connectivity index (χ3n) is 6.67. The van der Waals surface area contributed by atoms with Gasteiger partial charge in [-0.3, -0.25) is 19.4 Å². The van der Waals surface area contributed by atoms with E-state index in [4.69, 9.17) is 5.11 Å². The molecule has 1 saturated heterocycles. The van der Waals surface area contributed by atoms with E-state index >= 15 is 0 Å². The molecule has 2 atom stereocenters. The van der Waals surface area contributed by atoms with Crippen LogP contribution in [0, 0.1) is 5.92 Å². The van der Waals surface area contributed by atoms with E-state index in [0.717, 1.165) is 58.7 Å². The summed E-state index contributed by atoms with van der Waals surface area (Å²) in [5.41, 5.74) is 2.84. The number of carbonyl (C=O) groups excluding carboxylic acids is 2. The van der Waals surface area contributed by atoms with Crippen molar-refractivity contribution in [3.05, 3.63) is 47.2 Å². The molecule has 1 heterocycles. The van der Waals surface area contributed by atoms with Crippen LogP contribution in [0.4, 0.5) is 0 Å². The molecule has 2 fully saturated rings. The molecule has 1 aromatic rings. The van der Waals surface area contributed by atoms with Crippen molar-refractivity contribution in [1.29, 1.82) is 0 Å². The zero-order valence-electron chi connectivity index (χ0n) is 17.0. The highest BCUT2D eigenvalue weighted by Crippen LogP contribution is 2.43. The highest BCUT2D eigenvalue weighted by atomic mass is 16.3. The lowest BCUT2D eigenvalue weighted by Gasteiger charge is -2.36. The van der Waals surface area contributed by atoms with E-state index in [1.54, 1.807) is 6.20 Å². The molecule has 6 heteroatoms. The Labute approximate surface area is 172 Å². The molecule has 1 saturated carbocycles. The molecule has 2 aliphatic carbocycles. The number of nitrogens with zero attached hydrogens (tertiary/aromatic N) is 2. The number of piperazine rings is 1. The molecule has 0 radical (unpaired) electrons. The average molecular weight is 398 g/mol. The summed E-state index contributed by atoms with van der Waals surface area (Å²) in [6, 6.07) is 8.25. The Balaban J connectivity index is 1.30. The molecule has 0 spiro atoms. The molecule has 29 heavy (non-hydrogen) atoms. The minimum atomic E-state index is -0.0600. The van der Waals surface area contributed by atoms with E-state index in [9.17, 15) is 9.59 Å². The van der Waals surface area contributed by atoms with Crippen molar-refractivity contribution in [2.45, 2.75) is 25.2 Å². The van der Waals surface area contributed by atoms with Gasteiger partial charge in [0, 0.05) is 70.3 Å². The van der Waals surface area contributed by atoms with Gasteiger partial charge in [0.25, 0.3) is 0 Å². The van der Waals surface area contributed by atoms with Crippen molar-refractivity contribution in [1.82, 2.24) is 15.1 Å². The van der Waals surface area contributed by atoms with Crippen LogP contribution in [0.5, 0.6) is 0 Å². The second-order valence-corrected chi connectivity index (χ2v) is 8.36. The van der Waals surface area contributed by atoms with Crippen molar-refractivity contribution in [3.63, 3.8) is 0 Å². The summed E-state index contributed by atoms with van der Waals surface area (Å²) in [5, 5.41) is 12.2. The van der Waals surface area contributed by atoms with Crippen LogP contribution < -0.4 is 5.32 Å². The van der Waals surface area contributed by atoms with E-state index in [0.29, 0.717) is 12.0 Å². The number of hydrogen-bond donors (Lipinski definition) is 2. The Morgan fingerprint density at radius 1 is 1.03 bits per heavy atom. The lowest BCUT2D eigenvalue weighted by Crippen LogP contribution is -2.48. The number of allylic oxidation sites excluding steroid dienone is 1. The minimum Gasteiger partial charge on any atom is -0.395 e. The van der Waals surface area contributed by atoms with Crippen LogP contribution in [0.15, 0.2) is 36.0 Å². The van der Waals surface area contributed by atoms with Crippen LogP contribution in [-0.4, -0.2) is 78.9 Å². The SMILES string of the molecule is O=C1CC2c3ccccc3CCC2C(=O)/C1=C\NCCN1CCN(CCO)CC1. The first kappa shape index (κ1) is 20.3. The zero-order chi connectivity index (χ0) is 20.2. The smallest absolute Gasteiger partial charge is 0.171 e. The number of benzene rings is 1. The number of hydrogen-bond acceptors (Lipinski definition) is 6. The quantitative estimate of drug-likeness (QED) is 0.423. The largest absolute Gasteiger partial charge is 0.395 e. The Hall–Kier alpha value is -2.02. The number of ketones is 2. The number of aryl methyl sites for hydroxylation is 1. The highest BCUT2D eigenvalue weighted by molar-refractivity contribution is 6.23. The lowest BCUT2D eigenvalue weighted by atomic mass is 9.66. The monoisotopic (exact) mass is 397 g/mol. The van der Waals surface area contributed by atoms with Gasteiger partial charge >= 0.3 is 0 Å². The summed E-state index contributed by atoms with van der Waals surface area (Å²) in [6.45, 7) is 6.49. The van der Waals surface area contributed by atoms with Crippen LogP contribution in [0.25, 0.3) is 0 Å².